The Balaban J connectivity index is 0.000000814. The number of hydrogen-bond acceptors (Lipinski definition) is 1. The zero-order chi connectivity index (χ0) is 18.4. The summed E-state index contributed by atoms with van der Waals surface area (Å²) in [5, 5.41) is 0. The highest BCUT2D eigenvalue weighted by molar-refractivity contribution is 7.75. The van der Waals surface area contributed by atoms with Gasteiger partial charge in [-0.3, -0.25) is 4.79 Å². The van der Waals surface area contributed by atoms with Gasteiger partial charge >= 0.3 is 0 Å². The van der Waals surface area contributed by atoms with Crippen LogP contribution in [0.25, 0.3) is 0 Å². The molecule has 2 aromatic rings. The second-order valence-electron chi connectivity index (χ2n) is 7.65. The van der Waals surface area contributed by atoms with E-state index in [1.54, 1.807) is 0 Å². The molecule has 1 nitrogen and oxygen atoms in total. The summed E-state index contributed by atoms with van der Waals surface area (Å²) in [5.41, 5.74) is 3.47. The molecule has 0 radical (unpaired) electrons. The van der Waals surface area contributed by atoms with Gasteiger partial charge in [0.1, 0.15) is 5.67 Å². The fourth-order valence-corrected chi connectivity index (χ4v) is 6.85. The Morgan fingerprint density at radius 2 is 1.69 bits per heavy atom. The average Bonchev–Trinajstić information content (AvgIpc) is 3.61. The van der Waals surface area contributed by atoms with E-state index < -0.39 is 13.6 Å². The van der Waals surface area contributed by atoms with E-state index in [2.05, 4.69) is 12.1 Å². The second-order valence-corrected chi connectivity index (χ2v) is 9.77. The normalized spacial score (nSPS) is 23.7. The van der Waals surface area contributed by atoms with E-state index in [9.17, 15) is 9.18 Å². The van der Waals surface area contributed by atoms with Gasteiger partial charge in [-0.25, -0.2) is 4.39 Å². The number of alkyl halides is 1. The van der Waals surface area contributed by atoms with E-state index in [1.165, 1.54) is 5.56 Å². The minimum absolute atomic E-state index is 0.172. The average molecular weight is 368 g/mol. The lowest BCUT2D eigenvalue weighted by molar-refractivity contribution is 0.107. The van der Waals surface area contributed by atoms with Crippen LogP contribution >= 0.6 is 7.92 Å². The second kappa shape index (κ2) is 6.57. The Bertz CT molecular complexity index is 821. The molecule has 2 saturated carbocycles. The van der Waals surface area contributed by atoms with E-state index in [0.717, 1.165) is 41.9 Å². The van der Waals surface area contributed by atoms with Gasteiger partial charge < -0.3 is 0 Å². The van der Waals surface area contributed by atoms with Gasteiger partial charge in [0.25, 0.3) is 0 Å². The SMILES string of the molecule is CC.O=C1c2ccc(C3(F)CC3)cc2C2(CC2)CP1Cc1ccccc1. The summed E-state index contributed by atoms with van der Waals surface area (Å²) in [6.07, 6.45) is 5.45. The van der Waals surface area contributed by atoms with Gasteiger partial charge in [-0.15, -0.1) is 0 Å². The predicted octanol–water partition coefficient (Wildman–Crippen LogP) is 6.54. The van der Waals surface area contributed by atoms with Crippen molar-refractivity contribution in [3.8, 4) is 0 Å². The molecule has 1 spiro atoms. The Morgan fingerprint density at radius 1 is 1.00 bits per heavy atom. The first-order valence-corrected chi connectivity index (χ1v) is 11.5. The van der Waals surface area contributed by atoms with E-state index in [0.29, 0.717) is 18.4 Å². The maximum atomic E-state index is 14.5. The molecule has 1 unspecified atom stereocenters. The van der Waals surface area contributed by atoms with Crippen molar-refractivity contribution in [2.45, 2.75) is 56.8 Å². The summed E-state index contributed by atoms with van der Waals surface area (Å²) >= 11 is 0. The molecule has 0 amide bonds. The van der Waals surface area contributed by atoms with Crippen LogP contribution in [0.2, 0.25) is 0 Å². The smallest absolute Gasteiger partial charge is 0.184 e. The number of fused-ring (bicyclic) bond motifs is 2. The van der Waals surface area contributed by atoms with Crippen molar-refractivity contribution in [2.24, 2.45) is 0 Å². The Hall–Kier alpha value is -1.53. The van der Waals surface area contributed by atoms with E-state index in [-0.39, 0.29) is 5.41 Å². The molecule has 1 heterocycles. The lowest BCUT2D eigenvalue weighted by Gasteiger charge is -2.31. The zero-order valence-corrected chi connectivity index (χ0v) is 16.5. The highest BCUT2D eigenvalue weighted by Gasteiger charge is 2.53. The highest BCUT2D eigenvalue weighted by Crippen LogP contribution is 2.63. The predicted molar refractivity (Wildman–Crippen MR) is 107 cm³/mol. The maximum Gasteiger partial charge on any atom is 0.184 e. The van der Waals surface area contributed by atoms with Crippen LogP contribution < -0.4 is 0 Å². The number of halogens is 1. The van der Waals surface area contributed by atoms with Crippen LogP contribution in [-0.2, 0) is 17.2 Å². The number of rotatable bonds is 3. The topological polar surface area (TPSA) is 17.1 Å². The molecular formula is C23H26FOP. The number of hydrogen-bond donors (Lipinski definition) is 0. The molecule has 0 bridgehead atoms. The third-order valence-corrected chi connectivity index (χ3v) is 8.43. The molecule has 2 aromatic carbocycles. The minimum atomic E-state index is -1.11. The van der Waals surface area contributed by atoms with Gasteiger partial charge in [0, 0.05) is 11.0 Å². The van der Waals surface area contributed by atoms with Crippen molar-refractivity contribution in [3.05, 3.63) is 70.8 Å². The summed E-state index contributed by atoms with van der Waals surface area (Å²) in [4.78, 5) is 13.0. The summed E-state index contributed by atoms with van der Waals surface area (Å²) < 4.78 is 14.5. The first kappa shape index (κ1) is 17.9. The van der Waals surface area contributed by atoms with Crippen LogP contribution in [0.3, 0.4) is 0 Å². The molecule has 3 aliphatic rings. The van der Waals surface area contributed by atoms with Gasteiger partial charge in [0.05, 0.1) is 0 Å². The van der Waals surface area contributed by atoms with Crippen molar-refractivity contribution in [1.29, 1.82) is 0 Å². The largest absolute Gasteiger partial charge is 0.289 e. The Labute approximate surface area is 156 Å². The third kappa shape index (κ3) is 3.03. The van der Waals surface area contributed by atoms with Crippen LogP contribution in [0.4, 0.5) is 4.39 Å². The maximum absolute atomic E-state index is 14.5. The van der Waals surface area contributed by atoms with Gasteiger partial charge in [-0.2, -0.15) is 0 Å². The molecular weight excluding hydrogens is 342 g/mol. The lowest BCUT2D eigenvalue weighted by Crippen LogP contribution is -2.25. The standard InChI is InChI=1S/C21H20FOP.C2H6/c22-21(10-11-21)16-6-7-17-18(12-16)20(8-9-20)14-24(19(17)23)13-15-4-2-1-3-5-15;1-2/h1-7,12H,8-11,13-14H2;1-2H3. The van der Waals surface area contributed by atoms with Crippen LogP contribution in [0.5, 0.6) is 0 Å². The van der Waals surface area contributed by atoms with Gasteiger partial charge in [-0.05, 0) is 62.6 Å². The zero-order valence-electron chi connectivity index (χ0n) is 15.6. The Morgan fingerprint density at radius 3 is 2.31 bits per heavy atom. The van der Waals surface area contributed by atoms with Crippen molar-refractivity contribution < 1.29 is 9.18 Å². The molecule has 3 heteroatoms. The van der Waals surface area contributed by atoms with Crippen LogP contribution in [0.15, 0.2) is 48.5 Å². The highest BCUT2D eigenvalue weighted by atomic mass is 31.1. The number of carbonyl (C=O) groups excluding carboxylic acids is 1. The molecule has 0 saturated heterocycles. The lowest BCUT2D eigenvalue weighted by atomic mass is 9.89. The monoisotopic (exact) mass is 368 g/mol. The van der Waals surface area contributed by atoms with Gasteiger partial charge in [-0.1, -0.05) is 62.4 Å². The molecule has 26 heavy (non-hydrogen) atoms. The quantitative estimate of drug-likeness (QED) is 0.562. The van der Waals surface area contributed by atoms with Crippen molar-refractivity contribution >= 4 is 13.4 Å². The van der Waals surface area contributed by atoms with Gasteiger partial charge in [0.2, 0.25) is 0 Å². The van der Waals surface area contributed by atoms with Crippen LogP contribution in [-0.4, -0.2) is 11.7 Å². The molecule has 136 valence electrons. The van der Waals surface area contributed by atoms with Crippen molar-refractivity contribution in [3.63, 3.8) is 0 Å². The van der Waals surface area contributed by atoms with Crippen LogP contribution in [0, 0.1) is 0 Å². The van der Waals surface area contributed by atoms with Crippen LogP contribution in [0.1, 0.15) is 66.6 Å². The fraction of sp³-hybridized carbons (Fsp3) is 0.435. The molecule has 1 atom stereocenters. The molecule has 0 N–H and O–H groups in total. The number of benzene rings is 2. The molecule has 2 aliphatic carbocycles. The van der Waals surface area contributed by atoms with E-state index in [4.69, 9.17) is 0 Å². The summed E-state index contributed by atoms with van der Waals surface area (Å²) in [6, 6.07) is 16.2. The molecule has 1 aliphatic heterocycles. The fourth-order valence-electron chi connectivity index (χ4n) is 4.05. The first-order valence-electron chi connectivity index (χ1n) is 9.77. The van der Waals surface area contributed by atoms with Crippen molar-refractivity contribution in [2.75, 3.05) is 6.16 Å². The molecule has 5 rings (SSSR count). The first-order chi connectivity index (χ1) is 12.6. The van der Waals surface area contributed by atoms with E-state index in [1.807, 2.05) is 50.2 Å². The van der Waals surface area contributed by atoms with Crippen molar-refractivity contribution in [1.82, 2.24) is 0 Å². The molecule has 0 aromatic heterocycles. The Kier molecular flexibility index (Phi) is 4.51. The van der Waals surface area contributed by atoms with E-state index >= 15 is 0 Å². The van der Waals surface area contributed by atoms with Gasteiger partial charge in [0.15, 0.2) is 5.52 Å². The third-order valence-electron chi connectivity index (χ3n) is 5.88. The number of carbonyl (C=O) groups is 1. The summed E-state index contributed by atoms with van der Waals surface area (Å²) in [5.74, 6) is 0. The molecule has 2 fully saturated rings. The summed E-state index contributed by atoms with van der Waals surface area (Å²) in [7, 11) is -0.676. The minimum Gasteiger partial charge on any atom is -0.289 e. The summed E-state index contributed by atoms with van der Waals surface area (Å²) in [6.45, 7) is 4.00.